The van der Waals surface area contributed by atoms with E-state index in [9.17, 15) is 13.6 Å². The van der Waals surface area contributed by atoms with Gasteiger partial charge in [-0.3, -0.25) is 4.79 Å². The van der Waals surface area contributed by atoms with Gasteiger partial charge in [0.2, 0.25) is 5.91 Å². The van der Waals surface area contributed by atoms with Gasteiger partial charge in [0, 0.05) is 13.7 Å². The van der Waals surface area contributed by atoms with Crippen molar-refractivity contribution < 1.29 is 18.3 Å². The molecule has 0 radical (unpaired) electrons. The van der Waals surface area contributed by atoms with Gasteiger partial charge in [-0.15, -0.1) is 12.4 Å². The minimum atomic E-state index is -2.50. The number of nitrogens with one attached hydrogen (secondary N) is 1. The zero-order valence-corrected chi connectivity index (χ0v) is 11.3. The molecule has 0 aromatic carbocycles. The van der Waals surface area contributed by atoms with E-state index in [4.69, 9.17) is 4.74 Å². The predicted octanol–water partition coefficient (Wildman–Crippen LogP) is 1.15. The van der Waals surface area contributed by atoms with Crippen molar-refractivity contribution in [3.63, 3.8) is 0 Å². The summed E-state index contributed by atoms with van der Waals surface area (Å²) in [6.45, 7) is 0.907. The lowest BCUT2D eigenvalue weighted by Crippen LogP contribution is -2.42. The molecule has 1 aliphatic carbocycles. The van der Waals surface area contributed by atoms with E-state index in [2.05, 4.69) is 5.32 Å². The third kappa shape index (κ3) is 7.79. The standard InChI is InChI=1S/C11H20F2N2O2.ClH/c1-17-5-4-15(8-10(12)13)11(16)7-14-6-9-2-3-9;/h9-10,14H,2-8H2,1H3;1H. The van der Waals surface area contributed by atoms with Gasteiger partial charge in [-0.25, -0.2) is 8.78 Å². The number of alkyl halides is 2. The summed E-state index contributed by atoms with van der Waals surface area (Å²) < 4.78 is 29.4. The summed E-state index contributed by atoms with van der Waals surface area (Å²) in [6, 6.07) is 0. The normalized spacial score (nSPS) is 14.4. The number of methoxy groups -OCH3 is 1. The molecule has 0 saturated heterocycles. The smallest absolute Gasteiger partial charge is 0.255 e. The van der Waals surface area contributed by atoms with E-state index in [1.54, 1.807) is 0 Å². The first-order valence-electron chi connectivity index (χ1n) is 5.89. The lowest BCUT2D eigenvalue weighted by molar-refractivity contribution is -0.132. The first-order valence-corrected chi connectivity index (χ1v) is 5.89. The summed E-state index contributed by atoms with van der Waals surface area (Å²) in [5, 5.41) is 3.00. The second kappa shape index (κ2) is 9.47. The van der Waals surface area contributed by atoms with Crippen LogP contribution < -0.4 is 5.32 Å². The molecule has 18 heavy (non-hydrogen) atoms. The zero-order valence-electron chi connectivity index (χ0n) is 10.5. The maximum Gasteiger partial charge on any atom is 0.255 e. The van der Waals surface area contributed by atoms with Crippen LogP contribution in [0.25, 0.3) is 0 Å². The minimum Gasteiger partial charge on any atom is -0.383 e. The topological polar surface area (TPSA) is 41.6 Å². The lowest BCUT2D eigenvalue weighted by atomic mass is 10.4. The highest BCUT2D eigenvalue weighted by Crippen LogP contribution is 2.27. The van der Waals surface area contributed by atoms with Crippen molar-refractivity contribution >= 4 is 18.3 Å². The van der Waals surface area contributed by atoms with E-state index in [1.165, 1.54) is 20.0 Å². The van der Waals surface area contributed by atoms with Gasteiger partial charge in [0.05, 0.1) is 19.7 Å². The highest BCUT2D eigenvalue weighted by atomic mass is 35.5. The van der Waals surface area contributed by atoms with E-state index in [0.717, 1.165) is 11.4 Å². The van der Waals surface area contributed by atoms with Crippen LogP contribution in [-0.2, 0) is 9.53 Å². The quantitative estimate of drug-likeness (QED) is 0.691. The van der Waals surface area contributed by atoms with Crippen LogP contribution in [0.2, 0.25) is 0 Å². The molecule has 0 spiro atoms. The molecular weight excluding hydrogens is 266 g/mol. The largest absolute Gasteiger partial charge is 0.383 e. The summed E-state index contributed by atoms with van der Waals surface area (Å²) in [6.07, 6.45) is -0.101. The van der Waals surface area contributed by atoms with Crippen molar-refractivity contribution in [1.82, 2.24) is 10.2 Å². The number of carbonyl (C=O) groups excluding carboxylic acids is 1. The van der Waals surface area contributed by atoms with Crippen LogP contribution in [0.15, 0.2) is 0 Å². The number of amides is 1. The maximum atomic E-state index is 12.3. The summed E-state index contributed by atoms with van der Waals surface area (Å²) in [5.41, 5.74) is 0. The van der Waals surface area contributed by atoms with Crippen molar-refractivity contribution in [1.29, 1.82) is 0 Å². The van der Waals surface area contributed by atoms with Crippen molar-refractivity contribution in [3.8, 4) is 0 Å². The molecule has 0 aliphatic heterocycles. The Hall–Kier alpha value is -0.460. The summed E-state index contributed by atoms with van der Waals surface area (Å²) in [7, 11) is 1.48. The number of nitrogens with zero attached hydrogens (tertiary/aromatic N) is 1. The fraction of sp³-hybridized carbons (Fsp3) is 0.909. The molecule has 1 N–H and O–H groups in total. The minimum absolute atomic E-state index is 0. The maximum absolute atomic E-state index is 12.3. The van der Waals surface area contributed by atoms with Crippen molar-refractivity contribution in [2.45, 2.75) is 19.3 Å². The summed E-state index contributed by atoms with van der Waals surface area (Å²) in [5.74, 6) is 0.383. The average molecular weight is 287 g/mol. The van der Waals surface area contributed by atoms with Crippen LogP contribution in [-0.4, -0.2) is 57.1 Å². The molecule has 1 aliphatic rings. The number of carbonyl (C=O) groups is 1. The van der Waals surface area contributed by atoms with E-state index < -0.39 is 13.0 Å². The lowest BCUT2D eigenvalue weighted by Gasteiger charge is -2.22. The molecule has 1 amide bonds. The fourth-order valence-corrected chi connectivity index (χ4v) is 1.50. The molecular formula is C11H21ClF2N2O2. The number of hydrogen-bond donors (Lipinski definition) is 1. The van der Waals surface area contributed by atoms with Gasteiger partial charge in [0.1, 0.15) is 0 Å². The number of hydrogen-bond acceptors (Lipinski definition) is 3. The summed E-state index contributed by atoms with van der Waals surface area (Å²) >= 11 is 0. The van der Waals surface area contributed by atoms with Gasteiger partial charge in [-0.05, 0) is 25.3 Å². The van der Waals surface area contributed by atoms with Gasteiger partial charge >= 0.3 is 0 Å². The second-order valence-corrected chi connectivity index (χ2v) is 4.30. The van der Waals surface area contributed by atoms with Crippen molar-refractivity contribution in [3.05, 3.63) is 0 Å². The van der Waals surface area contributed by atoms with Crippen LogP contribution in [0.3, 0.4) is 0 Å². The SMILES string of the molecule is COCCN(CC(F)F)C(=O)CNCC1CC1.Cl. The first-order chi connectivity index (χ1) is 8.13. The Labute approximate surface area is 112 Å². The van der Waals surface area contributed by atoms with Crippen LogP contribution >= 0.6 is 12.4 Å². The molecule has 0 heterocycles. The number of rotatable bonds is 9. The second-order valence-electron chi connectivity index (χ2n) is 4.30. The Morgan fingerprint density at radius 1 is 1.50 bits per heavy atom. The zero-order chi connectivity index (χ0) is 12.7. The van der Waals surface area contributed by atoms with E-state index in [0.29, 0.717) is 5.92 Å². The molecule has 0 bridgehead atoms. The van der Waals surface area contributed by atoms with Gasteiger partial charge in [0.25, 0.3) is 6.43 Å². The number of ether oxygens (including phenoxy) is 1. The van der Waals surface area contributed by atoms with Crippen LogP contribution in [0.1, 0.15) is 12.8 Å². The van der Waals surface area contributed by atoms with E-state index in [-0.39, 0.29) is 38.0 Å². The van der Waals surface area contributed by atoms with Gasteiger partial charge in [-0.2, -0.15) is 0 Å². The summed E-state index contributed by atoms with van der Waals surface area (Å²) in [4.78, 5) is 12.8. The molecule has 108 valence electrons. The first kappa shape index (κ1) is 17.5. The average Bonchev–Trinajstić information content (AvgIpc) is 3.07. The van der Waals surface area contributed by atoms with Crippen LogP contribution in [0.5, 0.6) is 0 Å². The molecule has 1 fully saturated rings. The van der Waals surface area contributed by atoms with E-state index in [1.807, 2.05) is 0 Å². The Kier molecular flexibility index (Phi) is 9.23. The Balaban J connectivity index is 0.00000289. The molecule has 4 nitrogen and oxygen atoms in total. The van der Waals surface area contributed by atoms with Gasteiger partial charge in [0.15, 0.2) is 0 Å². The predicted molar refractivity (Wildman–Crippen MR) is 67.3 cm³/mol. The van der Waals surface area contributed by atoms with Crippen molar-refractivity contribution in [2.24, 2.45) is 5.92 Å². The van der Waals surface area contributed by atoms with Gasteiger partial charge in [-0.1, -0.05) is 0 Å². The third-order valence-corrected chi connectivity index (χ3v) is 2.68. The molecule has 1 saturated carbocycles. The molecule has 0 aromatic heterocycles. The molecule has 0 unspecified atom stereocenters. The van der Waals surface area contributed by atoms with Crippen LogP contribution in [0.4, 0.5) is 8.78 Å². The Bertz CT molecular complexity index is 241. The Morgan fingerprint density at radius 2 is 2.17 bits per heavy atom. The fourth-order valence-electron chi connectivity index (χ4n) is 1.50. The van der Waals surface area contributed by atoms with E-state index >= 15 is 0 Å². The molecule has 0 atom stereocenters. The van der Waals surface area contributed by atoms with Gasteiger partial charge < -0.3 is 15.0 Å². The van der Waals surface area contributed by atoms with Crippen LogP contribution in [0, 0.1) is 5.92 Å². The number of halogens is 3. The molecule has 0 aromatic rings. The van der Waals surface area contributed by atoms with Crippen molar-refractivity contribution in [2.75, 3.05) is 39.9 Å². The highest BCUT2D eigenvalue weighted by Gasteiger charge is 2.22. The third-order valence-electron chi connectivity index (χ3n) is 2.68. The molecule has 7 heteroatoms. The highest BCUT2D eigenvalue weighted by molar-refractivity contribution is 5.85. The molecule has 1 rings (SSSR count). The Morgan fingerprint density at radius 3 is 2.67 bits per heavy atom. The monoisotopic (exact) mass is 286 g/mol.